The van der Waals surface area contributed by atoms with Crippen LogP contribution < -0.4 is 5.32 Å². The molecule has 0 heterocycles. The summed E-state index contributed by atoms with van der Waals surface area (Å²) in [6.07, 6.45) is 2.77. The molecule has 3 nitrogen and oxygen atoms in total. The highest BCUT2D eigenvalue weighted by atomic mass is 79.9. The number of benzene rings is 1. The van der Waals surface area contributed by atoms with Gasteiger partial charge in [-0.25, -0.2) is 0 Å². The maximum atomic E-state index is 5.79. The van der Waals surface area contributed by atoms with Crippen LogP contribution in [0.2, 0.25) is 0 Å². The lowest BCUT2D eigenvalue weighted by Crippen LogP contribution is -2.16. The minimum absolute atomic E-state index is 0.123. The van der Waals surface area contributed by atoms with Crippen molar-refractivity contribution in [1.29, 1.82) is 0 Å². The molecule has 1 saturated carbocycles. The summed E-state index contributed by atoms with van der Waals surface area (Å²) in [7, 11) is 0. The SMILES string of the molecule is CCOCC(C)OCc1ccc(CNC2CC2)cc1Br. The Balaban J connectivity index is 1.78. The predicted octanol–water partition coefficient (Wildman–Crippen LogP) is 3.64. The third-order valence-electron chi connectivity index (χ3n) is 3.37. The van der Waals surface area contributed by atoms with E-state index in [1.54, 1.807) is 0 Å². The monoisotopic (exact) mass is 341 g/mol. The summed E-state index contributed by atoms with van der Waals surface area (Å²) in [6.45, 7) is 6.99. The molecule has 4 heteroatoms. The Labute approximate surface area is 130 Å². The molecule has 0 bridgehead atoms. The predicted molar refractivity (Wildman–Crippen MR) is 84.7 cm³/mol. The van der Waals surface area contributed by atoms with Crippen LogP contribution >= 0.6 is 15.9 Å². The van der Waals surface area contributed by atoms with Crippen molar-refractivity contribution in [3.8, 4) is 0 Å². The number of rotatable bonds is 9. The molecular formula is C16H24BrNO2. The zero-order valence-corrected chi connectivity index (χ0v) is 13.9. The molecule has 1 atom stereocenters. The van der Waals surface area contributed by atoms with E-state index in [2.05, 4.69) is 39.4 Å². The van der Waals surface area contributed by atoms with Gasteiger partial charge in [0.05, 0.1) is 19.3 Å². The molecule has 20 heavy (non-hydrogen) atoms. The first-order valence-corrected chi connectivity index (χ1v) is 8.18. The van der Waals surface area contributed by atoms with E-state index >= 15 is 0 Å². The first-order valence-electron chi connectivity index (χ1n) is 7.39. The van der Waals surface area contributed by atoms with Crippen molar-refractivity contribution < 1.29 is 9.47 Å². The van der Waals surface area contributed by atoms with Gasteiger partial charge in [0.15, 0.2) is 0 Å². The second-order valence-corrected chi connectivity index (χ2v) is 6.22. The highest BCUT2D eigenvalue weighted by Gasteiger charge is 2.19. The summed E-state index contributed by atoms with van der Waals surface area (Å²) in [5.74, 6) is 0. The van der Waals surface area contributed by atoms with E-state index < -0.39 is 0 Å². The Morgan fingerprint density at radius 1 is 1.40 bits per heavy atom. The van der Waals surface area contributed by atoms with Crippen molar-refractivity contribution in [2.75, 3.05) is 13.2 Å². The van der Waals surface area contributed by atoms with Gasteiger partial charge in [-0.1, -0.05) is 28.1 Å². The number of halogens is 1. The third kappa shape index (κ3) is 5.52. The Morgan fingerprint density at radius 3 is 2.85 bits per heavy atom. The fraction of sp³-hybridized carbons (Fsp3) is 0.625. The topological polar surface area (TPSA) is 30.5 Å². The number of ether oxygens (including phenoxy) is 2. The Morgan fingerprint density at radius 2 is 2.20 bits per heavy atom. The van der Waals surface area contributed by atoms with Crippen molar-refractivity contribution in [3.05, 3.63) is 33.8 Å². The number of nitrogens with one attached hydrogen (secondary N) is 1. The van der Waals surface area contributed by atoms with Crippen LogP contribution in [-0.4, -0.2) is 25.4 Å². The van der Waals surface area contributed by atoms with Gasteiger partial charge in [-0.05, 0) is 43.9 Å². The second kappa shape index (κ2) is 8.13. The van der Waals surface area contributed by atoms with Crippen LogP contribution in [0, 0.1) is 0 Å². The van der Waals surface area contributed by atoms with E-state index in [1.165, 1.54) is 24.0 Å². The lowest BCUT2D eigenvalue weighted by molar-refractivity contribution is -0.0118. The molecule has 1 N–H and O–H groups in total. The third-order valence-corrected chi connectivity index (χ3v) is 4.11. The summed E-state index contributed by atoms with van der Waals surface area (Å²) in [6, 6.07) is 7.24. The van der Waals surface area contributed by atoms with Gasteiger partial charge >= 0.3 is 0 Å². The molecule has 1 aromatic carbocycles. The molecule has 0 amide bonds. The fourth-order valence-electron chi connectivity index (χ4n) is 1.93. The van der Waals surface area contributed by atoms with E-state index in [0.717, 1.165) is 23.7 Å². The maximum absolute atomic E-state index is 5.79. The lowest BCUT2D eigenvalue weighted by atomic mass is 10.1. The maximum Gasteiger partial charge on any atom is 0.0785 e. The van der Waals surface area contributed by atoms with E-state index in [0.29, 0.717) is 13.2 Å². The van der Waals surface area contributed by atoms with E-state index in [-0.39, 0.29) is 6.10 Å². The highest BCUT2D eigenvalue weighted by Crippen LogP contribution is 2.22. The van der Waals surface area contributed by atoms with E-state index in [4.69, 9.17) is 9.47 Å². The quantitative estimate of drug-likeness (QED) is 0.743. The van der Waals surface area contributed by atoms with Gasteiger partial charge < -0.3 is 14.8 Å². The molecule has 1 aromatic rings. The van der Waals surface area contributed by atoms with Gasteiger partial charge in [0.25, 0.3) is 0 Å². The highest BCUT2D eigenvalue weighted by molar-refractivity contribution is 9.10. The number of hydrogen-bond donors (Lipinski definition) is 1. The van der Waals surface area contributed by atoms with Crippen LogP contribution in [0.15, 0.2) is 22.7 Å². The first-order chi connectivity index (χ1) is 9.69. The van der Waals surface area contributed by atoms with Gasteiger partial charge in [-0.3, -0.25) is 0 Å². The fourth-order valence-corrected chi connectivity index (χ4v) is 2.47. The Hall–Kier alpha value is -0.420. The minimum atomic E-state index is 0.123. The van der Waals surface area contributed by atoms with Crippen molar-refractivity contribution in [2.45, 2.75) is 52.0 Å². The molecular weight excluding hydrogens is 318 g/mol. The van der Waals surface area contributed by atoms with E-state index in [9.17, 15) is 0 Å². The minimum Gasteiger partial charge on any atom is -0.379 e. The molecule has 0 aromatic heterocycles. The average Bonchev–Trinajstić information content (AvgIpc) is 3.26. The van der Waals surface area contributed by atoms with Crippen LogP contribution in [0.4, 0.5) is 0 Å². The summed E-state index contributed by atoms with van der Waals surface area (Å²) >= 11 is 3.63. The van der Waals surface area contributed by atoms with Gasteiger partial charge in [-0.15, -0.1) is 0 Å². The molecule has 2 rings (SSSR count). The Kier molecular flexibility index (Phi) is 6.49. The first kappa shape index (κ1) is 16.0. The van der Waals surface area contributed by atoms with Crippen molar-refractivity contribution in [2.24, 2.45) is 0 Å². The molecule has 1 fully saturated rings. The van der Waals surface area contributed by atoms with Crippen LogP contribution in [0.3, 0.4) is 0 Å². The standard InChI is InChI=1S/C16H24BrNO2/c1-3-19-10-12(2)20-11-14-5-4-13(8-16(14)17)9-18-15-6-7-15/h4-5,8,12,15,18H,3,6-7,9-11H2,1-2H3. The van der Waals surface area contributed by atoms with E-state index in [1.807, 2.05) is 13.8 Å². The summed E-state index contributed by atoms with van der Waals surface area (Å²) in [5, 5.41) is 3.52. The smallest absolute Gasteiger partial charge is 0.0785 e. The molecule has 1 unspecified atom stereocenters. The molecule has 0 aliphatic heterocycles. The lowest BCUT2D eigenvalue weighted by Gasteiger charge is -2.14. The van der Waals surface area contributed by atoms with Crippen molar-refractivity contribution in [1.82, 2.24) is 5.32 Å². The molecule has 0 saturated heterocycles. The van der Waals surface area contributed by atoms with Gasteiger partial charge in [0.2, 0.25) is 0 Å². The molecule has 1 aliphatic carbocycles. The van der Waals surface area contributed by atoms with Crippen LogP contribution in [-0.2, 0) is 22.6 Å². The van der Waals surface area contributed by atoms with Crippen molar-refractivity contribution >= 4 is 15.9 Å². The van der Waals surface area contributed by atoms with Crippen molar-refractivity contribution in [3.63, 3.8) is 0 Å². The molecule has 0 radical (unpaired) electrons. The second-order valence-electron chi connectivity index (χ2n) is 5.36. The Bertz CT molecular complexity index is 421. The molecule has 1 aliphatic rings. The summed E-state index contributed by atoms with van der Waals surface area (Å²) in [5.41, 5.74) is 2.50. The normalized spacial score (nSPS) is 16.4. The van der Waals surface area contributed by atoms with Crippen LogP contribution in [0.5, 0.6) is 0 Å². The zero-order chi connectivity index (χ0) is 14.4. The average molecular weight is 342 g/mol. The zero-order valence-electron chi connectivity index (χ0n) is 12.3. The van der Waals surface area contributed by atoms with Gasteiger partial charge in [-0.2, -0.15) is 0 Å². The molecule has 112 valence electrons. The largest absolute Gasteiger partial charge is 0.379 e. The number of hydrogen-bond acceptors (Lipinski definition) is 3. The molecule has 0 spiro atoms. The van der Waals surface area contributed by atoms with Crippen LogP contribution in [0.1, 0.15) is 37.8 Å². The van der Waals surface area contributed by atoms with Gasteiger partial charge in [0.1, 0.15) is 0 Å². The van der Waals surface area contributed by atoms with Gasteiger partial charge in [0, 0.05) is 23.7 Å². The summed E-state index contributed by atoms with van der Waals surface area (Å²) < 4.78 is 12.3. The summed E-state index contributed by atoms with van der Waals surface area (Å²) in [4.78, 5) is 0. The van der Waals surface area contributed by atoms with Crippen LogP contribution in [0.25, 0.3) is 0 Å².